The van der Waals surface area contributed by atoms with Crippen LogP contribution in [0.5, 0.6) is 0 Å². The molecule has 0 unspecified atom stereocenters. The predicted molar refractivity (Wildman–Crippen MR) is 108 cm³/mol. The SMILES string of the molecule is C[C@@H]1C[C@H]1NCC1(Cc2cccc(C#N)c2)CCN(CC2(C(=O)O)CC2)CC1. The van der Waals surface area contributed by atoms with Crippen LogP contribution in [0.1, 0.15) is 50.2 Å². The summed E-state index contributed by atoms with van der Waals surface area (Å²) in [6, 6.07) is 10.9. The number of piperidine rings is 1. The van der Waals surface area contributed by atoms with E-state index in [2.05, 4.69) is 29.3 Å². The van der Waals surface area contributed by atoms with Crippen molar-refractivity contribution >= 4 is 5.97 Å². The molecule has 28 heavy (non-hydrogen) atoms. The summed E-state index contributed by atoms with van der Waals surface area (Å²) < 4.78 is 0. The van der Waals surface area contributed by atoms with E-state index < -0.39 is 11.4 Å². The topological polar surface area (TPSA) is 76.4 Å². The molecule has 0 aromatic heterocycles. The first-order chi connectivity index (χ1) is 13.4. The molecule has 1 aromatic rings. The van der Waals surface area contributed by atoms with Crippen LogP contribution in [0.2, 0.25) is 0 Å². The maximum Gasteiger partial charge on any atom is 0.310 e. The number of rotatable bonds is 8. The van der Waals surface area contributed by atoms with E-state index >= 15 is 0 Å². The molecule has 5 nitrogen and oxygen atoms in total. The average Bonchev–Trinajstić information content (AvgIpc) is 3.60. The molecule has 0 bridgehead atoms. The highest BCUT2D eigenvalue weighted by Gasteiger charge is 2.51. The van der Waals surface area contributed by atoms with Crippen LogP contribution in [-0.2, 0) is 11.2 Å². The van der Waals surface area contributed by atoms with Crippen molar-refractivity contribution in [3.05, 3.63) is 35.4 Å². The van der Waals surface area contributed by atoms with Crippen LogP contribution >= 0.6 is 0 Å². The molecular weight excluding hydrogens is 350 g/mol. The molecule has 1 aromatic carbocycles. The Hall–Kier alpha value is -1.90. The van der Waals surface area contributed by atoms with Gasteiger partial charge < -0.3 is 15.3 Å². The van der Waals surface area contributed by atoms with Gasteiger partial charge in [0.25, 0.3) is 0 Å². The lowest BCUT2D eigenvalue weighted by Crippen LogP contribution is -2.48. The van der Waals surface area contributed by atoms with E-state index in [1.165, 1.54) is 12.0 Å². The monoisotopic (exact) mass is 381 g/mol. The van der Waals surface area contributed by atoms with Crippen molar-refractivity contribution in [1.82, 2.24) is 10.2 Å². The van der Waals surface area contributed by atoms with Crippen molar-refractivity contribution in [1.29, 1.82) is 5.26 Å². The molecular formula is C23H31N3O2. The number of likely N-dealkylation sites (tertiary alicyclic amines) is 1. The highest BCUT2D eigenvalue weighted by Crippen LogP contribution is 2.47. The van der Waals surface area contributed by atoms with Gasteiger partial charge in [0.1, 0.15) is 0 Å². The first kappa shape index (κ1) is 19.4. The molecule has 2 N–H and O–H groups in total. The summed E-state index contributed by atoms with van der Waals surface area (Å²) in [5, 5.41) is 22.5. The third kappa shape index (κ3) is 4.24. The van der Waals surface area contributed by atoms with Gasteiger partial charge in [-0.05, 0) is 80.6 Å². The zero-order valence-electron chi connectivity index (χ0n) is 16.8. The number of hydrogen-bond donors (Lipinski definition) is 2. The first-order valence-corrected chi connectivity index (χ1v) is 10.6. The molecule has 1 saturated heterocycles. The van der Waals surface area contributed by atoms with E-state index in [0.717, 1.165) is 63.2 Å². The number of benzene rings is 1. The summed E-state index contributed by atoms with van der Waals surface area (Å²) in [5.41, 5.74) is 1.68. The predicted octanol–water partition coefficient (Wildman–Crippen LogP) is 3.05. The lowest BCUT2D eigenvalue weighted by atomic mass is 9.73. The fraction of sp³-hybridized carbons (Fsp3) is 0.652. The maximum absolute atomic E-state index is 11.5. The molecule has 1 aliphatic heterocycles. The van der Waals surface area contributed by atoms with Gasteiger partial charge >= 0.3 is 5.97 Å². The van der Waals surface area contributed by atoms with Crippen molar-refractivity contribution in [3.63, 3.8) is 0 Å². The molecule has 2 atom stereocenters. The van der Waals surface area contributed by atoms with E-state index in [1.807, 2.05) is 18.2 Å². The van der Waals surface area contributed by atoms with Crippen LogP contribution in [0.25, 0.3) is 0 Å². The highest BCUT2D eigenvalue weighted by atomic mass is 16.4. The molecule has 2 saturated carbocycles. The van der Waals surface area contributed by atoms with Crippen LogP contribution in [-0.4, -0.2) is 48.2 Å². The fourth-order valence-corrected chi connectivity index (χ4v) is 4.76. The summed E-state index contributed by atoms with van der Waals surface area (Å²) in [6.45, 7) is 5.94. The molecule has 0 radical (unpaired) electrons. The molecule has 4 rings (SSSR count). The second-order valence-electron chi connectivity index (χ2n) is 9.55. The highest BCUT2D eigenvalue weighted by molar-refractivity contribution is 5.78. The molecule has 0 amide bonds. The van der Waals surface area contributed by atoms with Gasteiger partial charge in [0.05, 0.1) is 17.0 Å². The largest absolute Gasteiger partial charge is 0.481 e. The second-order valence-corrected chi connectivity index (χ2v) is 9.55. The van der Waals surface area contributed by atoms with Gasteiger partial charge in [-0.15, -0.1) is 0 Å². The molecule has 1 heterocycles. The average molecular weight is 382 g/mol. The maximum atomic E-state index is 11.5. The van der Waals surface area contributed by atoms with Gasteiger partial charge in [0, 0.05) is 19.1 Å². The van der Waals surface area contributed by atoms with Gasteiger partial charge in [-0.3, -0.25) is 4.79 Å². The fourth-order valence-electron chi connectivity index (χ4n) is 4.76. The normalized spacial score (nSPS) is 27.7. The van der Waals surface area contributed by atoms with Crippen molar-refractivity contribution < 1.29 is 9.90 Å². The minimum atomic E-state index is -0.623. The Balaban J connectivity index is 1.42. The van der Waals surface area contributed by atoms with E-state index in [0.29, 0.717) is 12.6 Å². The van der Waals surface area contributed by atoms with E-state index in [-0.39, 0.29) is 5.41 Å². The Bertz CT molecular complexity index is 772. The summed E-state index contributed by atoms with van der Waals surface area (Å²) in [4.78, 5) is 13.9. The zero-order valence-corrected chi connectivity index (χ0v) is 16.8. The Labute approximate surface area is 167 Å². The number of carbonyl (C=O) groups is 1. The summed E-state index contributed by atoms with van der Waals surface area (Å²) in [5.74, 6) is 0.159. The Morgan fingerprint density at radius 1 is 1.32 bits per heavy atom. The second kappa shape index (κ2) is 7.50. The van der Waals surface area contributed by atoms with Crippen molar-refractivity contribution in [2.45, 2.75) is 51.5 Å². The molecule has 3 aliphatic rings. The number of carboxylic acid groups (broad SMARTS) is 1. The molecule has 5 heteroatoms. The summed E-state index contributed by atoms with van der Waals surface area (Å²) in [6.07, 6.45) is 6.06. The number of aliphatic carboxylic acids is 1. The third-order valence-electron chi connectivity index (χ3n) is 7.23. The van der Waals surface area contributed by atoms with Gasteiger partial charge in [-0.25, -0.2) is 0 Å². The minimum absolute atomic E-state index is 0.187. The van der Waals surface area contributed by atoms with Gasteiger partial charge in [-0.1, -0.05) is 19.1 Å². The van der Waals surface area contributed by atoms with Crippen LogP contribution in [0.3, 0.4) is 0 Å². The van der Waals surface area contributed by atoms with Crippen LogP contribution in [0.15, 0.2) is 24.3 Å². The summed E-state index contributed by atoms with van der Waals surface area (Å²) >= 11 is 0. The van der Waals surface area contributed by atoms with Crippen molar-refractivity contribution in [2.24, 2.45) is 16.7 Å². The standard InChI is InChI=1S/C23H31N3O2/c1-17-11-20(17)25-15-22(13-18-3-2-4-19(12-18)14-24)7-9-26(10-8-22)16-23(5-6-23)21(27)28/h2-4,12,17,20,25H,5-11,13,15-16H2,1H3,(H,27,28)/t17-,20-/m1/s1. The van der Waals surface area contributed by atoms with Crippen LogP contribution in [0, 0.1) is 28.1 Å². The van der Waals surface area contributed by atoms with Crippen molar-refractivity contribution in [3.8, 4) is 6.07 Å². The molecule has 0 spiro atoms. The lowest BCUT2D eigenvalue weighted by Gasteiger charge is -2.43. The minimum Gasteiger partial charge on any atom is -0.481 e. The van der Waals surface area contributed by atoms with Crippen LogP contribution < -0.4 is 5.32 Å². The first-order valence-electron chi connectivity index (χ1n) is 10.6. The number of nitrogens with one attached hydrogen (secondary N) is 1. The van der Waals surface area contributed by atoms with Crippen molar-refractivity contribution in [2.75, 3.05) is 26.2 Å². The number of nitrogens with zero attached hydrogens (tertiary/aromatic N) is 2. The Morgan fingerprint density at radius 3 is 2.61 bits per heavy atom. The van der Waals surface area contributed by atoms with Gasteiger partial charge in [0.2, 0.25) is 0 Å². The molecule has 2 aliphatic carbocycles. The van der Waals surface area contributed by atoms with Gasteiger partial charge in [0.15, 0.2) is 0 Å². The smallest absolute Gasteiger partial charge is 0.310 e. The number of nitriles is 1. The lowest BCUT2D eigenvalue weighted by molar-refractivity contribution is -0.144. The Morgan fingerprint density at radius 2 is 2.04 bits per heavy atom. The van der Waals surface area contributed by atoms with Crippen LogP contribution in [0.4, 0.5) is 0 Å². The van der Waals surface area contributed by atoms with E-state index in [9.17, 15) is 15.2 Å². The van der Waals surface area contributed by atoms with E-state index in [4.69, 9.17) is 0 Å². The summed E-state index contributed by atoms with van der Waals surface area (Å²) in [7, 11) is 0. The molecule has 3 fully saturated rings. The van der Waals surface area contributed by atoms with Gasteiger partial charge in [-0.2, -0.15) is 5.26 Å². The third-order valence-corrected chi connectivity index (χ3v) is 7.23. The zero-order chi connectivity index (χ0) is 19.8. The quantitative estimate of drug-likeness (QED) is 0.724. The molecule has 150 valence electrons. The Kier molecular flexibility index (Phi) is 5.20. The van der Waals surface area contributed by atoms with E-state index in [1.54, 1.807) is 0 Å². The number of carboxylic acids is 1. The number of hydrogen-bond acceptors (Lipinski definition) is 4.